The molecule has 0 unspecified atom stereocenters. The van der Waals surface area contributed by atoms with Crippen molar-refractivity contribution in [1.82, 2.24) is 19.7 Å². The minimum absolute atomic E-state index is 0.0997. The lowest BCUT2D eigenvalue weighted by Crippen LogP contribution is -2.46. The van der Waals surface area contributed by atoms with Crippen LogP contribution in [0.2, 0.25) is 5.02 Å². The van der Waals surface area contributed by atoms with Crippen LogP contribution >= 0.6 is 11.6 Å². The van der Waals surface area contributed by atoms with E-state index < -0.39 is 17.4 Å². The third-order valence-corrected chi connectivity index (χ3v) is 8.22. The fraction of sp³-hybridized carbons (Fsp3) is 0.357. The highest BCUT2D eigenvalue weighted by atomic mass is 35.5. The van der Waals surface area contributed by atoms with Gasteiger partial charge in [-0.3, -0.25) is 4.79 Å². The minimum atomic E-state index is -0.823. The molecule has 37 heavy (non-hydrogen) atoms. The molecule has 1 aromatic heterocycles. The van der Waals surface area contributed by atoms with Gasteiger partial charge in [0.1, 0.15) is 11.4 Å². The number of esters is 1. The normalized spacial score (nSPS) is 19.4. The number of likely N-dealkylation sites (N-methyl/N-ethyl adjacent to an activating group) is 1. The van der Waals surface area contributed by atoms with Crippen molar-refractivity contribution in [3.05, 3.63) is 76.2 Å². The largest absolute Gasteiger partial charge is 0.450 e. The SMILES string of the molecule is C=C(c1[nH]c2cc(Cl)ccc2c1C(=O)N1CCC2(CC1)OC(=O)c1cc(F)ccc12)N1CCN(C)CC1. The van der Waals surface area contributed by atoms with Gasteiger partial charge in [-0.15, -0.1) is 0 Å². The number of aromatic amines is 1. The summed E-state index contributed by atoms with van der Waals surface area (Å²) < 4.78 is 19.5. The third-order valence-electron chi connectivity index (χ3n) is 7.99. The van der Waals surface area contributed by atoms with E-state index in [0.29, 0.717) is 47.8 Å². The number of nitrogens with zero attached hydrogens (tertiary/aromatic N) is 3. The lowest BCUT2D eigenvalue weighted by atomic mass is 9.83. The molecule has 7 nitrogen and oxygen atoms in total. The zero-order chi connectivity index (χ0) is 25.9. The summed E-state index contributed by atoms with van der Waals surface area (Å²) in [6.07, 6.45) is 0.901. The van der Waals surface area contributed by atoms with E-state index in [4.69, 9.17) is 16.3 Å². The number of nitrogens with one attached hydrogen (secondary N) is 1. The van der Waals surface area contributed by atoms with E-state index in [0.717, 1.165) is 42.8 Å². The number of halogens is 2. The number of carbonyl (C=O) groups is 2. The van der Waals surface area contributed by atoms with Crippen LogP contribution in [0.5, 0.6) is 0 Å². The molecule has 1 N–H and O–H groups in total. The van der Waals surface area contributed by atoms with Crippen molar-refractivity contribution in [2.45, 2.75) is 18.4 Å². The molecule has 2 aromatic carbocycles. The van der Waals surface area contributed by atoms with Crippen LogP contribution in [0.25, 0.3) is 16.6 Å². The highest BCUT2D eigenvalue weighted by molar-refractivity contribution is 6.31. The number of piperidine rings is 1. The number of likely N-dealkylation sites (tertiary alicyclic amines) is 1. The Bertz CT molecular complexity index is 1430. The lowest BCUT2D eigenvalue weighted by molar-refractivity contribution is -0.0389. The monoisotopic (exact) mass is 522 g/mol. The van der Waals surface area contributed by atoms with Crippen molar-refractivity contribution in [3.8, 4) is 0 Å². The van der Waals surface area contributed by atoms with E-state index in [1.807, 2.05) is 12.1 Å². The van der Waals surface area contributed by atoms with Gasteiger partial charge in [-0.1, -0.05) is 30.3 Å². The van der Waals surface area contributed by atoms with E-state index in [1.165, 1.54) is 12.1 Å². The quantitative estimate of drug-likeness (QED) is 0.514. The van der Waals surface area contributed by atoms with Crippen molar-refractivity contribution in [1.29, 1.82) is 0 Å². The topological polar surface area (TPSA) is 68.9 Å². The molecule has 0 bridgehead atoms. The highest BCUT2D eigenvalue weighted by Crippen LogP contribution is 2.45. The van der Waals surface area contributed by atoms with Crippen LogP contribution in [0.15, 0.2) is 43.0 Å². The Labute approximate surface area is 219 Å². The molecule has 0 aliphatic carbocycles. The van der Waals surface area contributed by atoms with Crippen LogP contribution < -0.4 is 0 Å². The van der Waals surface area contributed by atoms with Crippen molar-refractivity contribution in [3.63, 3.8) is 0 Å². The molecular formula is C28H28ClFN4O3. The molecule has 0 radical (unpaired) electrons. The predicted molar refractivity (Wildman–Crippen MR) is 140 cm³/mol. The number of H-pyrrole nitrogens is 1. The Morgan fingerprint density at radius 2 is 1.78 bits per heavy atom. The molecule has 1 amide bonds. The Hall–Kier alpha value is -3.36. The zero-order valence-electron chi connectivity index (χ0n) is 20.7. The first kappa shape index (κ1) is 24.0. The summed E-state index contributed by atoms with van der Waals surface area (Å²) in [5.74, 6) is -1.07. The van der Waals surface area contributed by atoms with Crippen LogP contribution in [-0.2, 0) is 10.3 Å². The minimum Gasteiger partial charge on any atom is -0.450 e. The van der Waals surface area contributed by atoms with Gasteiger partial charge < -0.3 is 24.4 Å². The number of amides is 1. The lowest BCUT2D eigenvalue weighted by Gasteiger charge is -2.39. The first-order chi connectivity index (χ1) is 17.8. The first-order valence-corrected chi connectivity index (χ1v) is 12.9. The Morgan fingerprint density at radius 3 is 2.51 bits per heavy atom. The van der Waals surface area contributed by atoms with E-state index in [2.05, 4.69) is 28.4 Å². The van der Waals surface area contributed by atoms with Gasteiger partial charge in [-0.05, 0) is 31.3 Å². The second-order valence-corrected chi connectivity index (χ2v) is 10.6. The molecule has 9 heteroatoms. The summed E-state index contributed by atoms with van der Waals surface area (Å²) in [5.41, 5.74) is 3.03. The molecule has 4 heterocycles. The Balaban J connectivity index is 1.30. The predicted octanol–water partition coefficient (Wildman–Crippen LogP) is 4.48. The Kier molecular flexibility index (Phi) is 5.76. The average molecular weight is 523 g/mol. The van der Waals surface area contributed by atoms with Crippen molar-refractivity contribution in [2.75, 3.05) is 46.3 Å². The van der Waals surface area contributed by atoms with Gasteiger partial charge in [0, 0.05) is 73.6 Å². The number of fused-ring (bicyclic) bond motifs is 3. The van der Waals surface area contributed by atoms with Gasteiger partial charge >= 0.3 is 5.97 Å². The molecule has 0 saturated carbocycles. The van der Waals surface area contributed by atoms with Gasteiger partial charge in [-0.25, -0.2) is 9.18 Å². The fourth-order valence-electron chi connectivity index (χ4n) is 5.81. The third kappa shape index (κ3) is 3.99. The van der Waals surface area contributed by atoms with Crippen LogP contribution in [0, 0.1) is 5.82 Å². The Morgan fingerprint density at radius 1 is 1.05 bits per heavy atom. The fourth-order valence-corrected chi connectivity index (χ4v) is 5.99. The maximum absolute atomic E-state index is 14.0. The van der Waals surface area contributed by atoms with Crippen LogP contribution in [0.4, 0.5) is 4.39 Å². The summed E-state index contributed by atoms with van der Waals surface area (Å²) >= 11 is 6.27. The van der Waals surface area contributed by atoms with E-state index >= 15 is 0 Å². The number of hydrogen-bond donors (Lipinski definition) is 1. The summed E-state index contributed by atoms with van der Waals surface area (Å²) in [6.45, 7) is 8.68. The number of piperazine rings is 1. The molecule has 2 saturated heterocycles. The van der Waals surface area contributed by atoms with E-state index in [-0.39, 0.29) is 11.5 Å². The number of hydrogen-bond acceptors (Lipinski definition) is 5. The van der Waals surface area contributed by atoms with Gasteiger partial charge in [-0.2, -0.15) is 0 Å². The maximum Gasteiger partial charge on any atom is 0.339 e. The molecule has 6 rings (SSSR count). The smallest absolute Gasteiger partial charge is 0.339 e. The van der Waals surface area contributed by atoms with Crippen LogP contribution in [-0.4, -0.2) is 77.9 Å². The summed E-state index contributed by atoms with van der Waals surface area (Å²) in [6, 6.07) is 9.71. The number of ether oxygens (including phenoxy) is 1. The summed E-state index contributed by atoms with van der Waals surface area (Å²) in [5, 5.41) is 1.38. The molecular weight excluding hydrogens is 495 g/mol. The molecule has 1 spiro atoms. The number of benzene rings is 2. The van der Waals surface area contributed by atoms with Crippen molar-refractivity contribution >= 4 is 40.1 Å². The van der Waals surface area contributed by atoms with Gasteiger partial charge in [0.2, 0.25) is 0 Å². The van der Waals surface area contributed by atoms with Crippen LogP contribution in [0.3, 0.4) is 0 Å². The van der Waals surface area contributed by atoms with Crippen molar-refractivity contribution < 1.29 is 18.7 Å². The van der Waals surface area contributed by atoms with Gasteiger partial charge in [0.15, 0.2) is 0 Å². The average Bonchev–Trinajstić information content (AvgIpc) is 3.38. The number of carbonyl (C=O) groups excluding carboxylic acids is 2. The van der Waals surface area contributed by atoms with Crippen molar-refractivity contribution in [2.24, 2.45) is 0 Å². The molecule has 3 aliphatic heterocycles. The molecule has 3 aliphatic rings. The van der Waals surface area contributed by atoms with Crippen LogP contribution in [0.1, 0.15) is 44.8 Å². The van der Waals surface area contributed by atoms with E-state index in [9.17, 15) is 14.0 Å². The number of aromatic nitrogens is 1. The molecule has 192 valence electrons. The maximum atomic E-state index is 14.0. The molecule has 2 fully saturated rings. The zero-order valence-corrected chi connectivity index (χ0v) is 21.4. The second-order valence-electron chi connectivity index (χ2n) is 10.2. The van der Waals surface area contributed by atoms with Gasteiger partial charge in [0.25, 0.3) is 5.91 Å². The summed E-state index contributed by atoms with van der Waals surface area (Å²) in [7, 11) is 2.10. The highest BCUT2D eigenvalue weighted by Gasteiger charge is 2.48. The van der Waals surface area contributed by atoms with E-state index in [1.54, 1.807) is 17.0 Å². The second kappa shape index (κ2) is 8.89. The standard InChI is InChI=1S/C28H28ClFN4O3/c1-17(33-13-11-32(2)12-14-33)25-24(20-5-3-18(29)15-23(20)31-25)26(35)34-9-7-28(8-10-34)22-6-4-19(30)16-21(22)27(36)37-28/h3-6,15-16,31H,1,7-14H2,2H3. The number of rotatable bonds is 3. The van der Waals surface area contributed by atoms with Gasteiger partial charge in [0.05, 0.1) is 22.5 Å². The summed E-state index contributed by atoms with van der Waals surface area (Å²) in [4.78, 5) is 36.2. The molecule has 0 atom stereocenters. The first-order valence-electron chi connectivity index (χ1n) is 12.5. The molecule has 3 aromatic rings.